The Kier molecular flexibility index (Phi) is 4.59. The summed E-state index contributed by atoms with van der Waals surface area (Å²) in [5.41, 5.74) is -4.65. The van der Waals surface area contributed by atoms with Crippen molar-refractivity contribution in [2.75, 3.05) is 0 Å². The Balaban J connectivity index is 1.90. The molecule has 35 heavy (non-hydrogen) atoms. The standard InChI is InChI=1S/C24H21N3O8/c1-10(28)24(35)8-13-15(14(9-24)27-23(34)25(2)22(33)26(27)3)21(32)17-16(20(13)31)18(29)11-6-4-5-7-12(11)19(17)30/h4-7,14,31-32,35H,8-9H2,1-3H3/t14-,24+/m0/s1. The molecule has 1 heterocycles. The molecule has 0 aliphatic heterocycles. The van der Waals surface area contributed by atoms with Crippen LogP contribution in [0.3, 0.4) is 0 Å². The molecule has 2 aromatic carbocycles. The lowest BCUT2D eigenvalue weighted by atomic mass is 9.71. The van der Waals surface area contributed by atoms with Crippen LogP contribution in [0, 0.1) is 0 Å². The summed E-state index contributed by atoms with van der Waals surface area (Å²) >= 11 is 0. The molecule has 2 atom stereocenters. The van der Waals surface area contributed by atoms with E-state index in [0.29, 0.717) is 0 Å². The molecule has 0 saturated heterocycles. The normalized spacial score (nSPS) is 20.9. The fraction of sp³-hybridized carbons (Fsp3) is 0.292. The van der Waals surface area contributed by atoms with Gasteiger partial charge >= 0.3 is 11.4 Å². The van der Waals surface area contributed by atoms with Gasteiger partial charge in [-0.3, -0.25) is 14.4 Å². The van der Waals surface area contributed by atoms with Gasteiger partial charge in [-0.15, -0.1) is 0 Å². The highest BCUT2D eigenvalue weighted by Gasteiger charge is 2.48. The molecule has 180 valence electrons. The Labute approximate surface area is 197 Å². The molecule has 0 amide bonds. The Morgan fingerprint density at radius 1 is 0.943 bits per heavy atom. The van der Waals surface area contributed by atoms with Gasteiger partial charge in [0.15, 0.2) is 17.3 Å². The number of nitrogens with zero attached hydrogens (tertiary/aromatic N) is 3. The molecule has 11 nitrogen and oxygen atoms in total. The SMILES string of the molecule is CC(=O)[C@@]1(O)Cc2c(O)c3c(c(O)c2[C@@H](n2c(=O)n(C)c(=O)n2C)C1)C(=O)c1ccccc1C3=O. The van der Waals surface area contributed by atoms with Gasteiger partial charge in [-0.1, -0.05) is 24.3 Å². The maximum absolute atomic E-state index is 13.3. The van der Waals surface area contributed by atoms with Crippen LogP contribution >= 0.6 is 0 Å². The quantitative estimate of drug-likeness (QED) is 0.337. The van der Waals surface area contributed by atoms with Gasteiger partial charge in [0.25, 0.3) is 0 Å². The number of aliphatic hydroxyl groups is 1. The average Bonchev–Trinajstić information content (AvgIpc) is 3.01. The monoisotopic (exact) mass is 479 g/mol. The summed E-state index contributed by atoms with van der Waals surface area (Å²) in [6.07, 6.45) is -0.892. The van der Waals surface area contributed by atoms with Crippen LogP contribution in [0.25, 0.3) is 0 Å². The average molecular weight is 479 g/mol. The third kappa shape index (κ3) is 2.78. The highest BCUT2D eigenvalue weighted by Crippen LogP contribution is 2.51. The van der Waals surface area contributed by atoms with Gasteiger partial charge < -0.3 is 15.3 Å². The minimum absolute atomic E-state index is 0.0375. The predicted molar refractivity (Wildman–Crippen MR) is 120 cm³/mol. The fourth-order valence-electron chi connectivity index (χ4n) is 5.20. The lowest BCUT2D eigenvalue weighted by Crippen LogP contribution is -2.47. The van der Waals surface area contributed by atoms with E-state index < -0.39 is 75.8 Å². The van der Waals surface area contributed by atoms with Gasteiger partial charge in [-0.25, -0.2) is 23.5 Å². The Bertz CT molecular complexity index is 1620. The van der Waals surface area contributed by atoms with Crippen molar-refractivity contribution in [1.29, 1.82) is 0 Å². The summed E-state index contributed by atoms with van der Waals surface area (Å²) in [6, 6.07) is 4.64. The number of carbonyl (C=O) groups is 3. The summed E-state index contributed by atoms with van der Waals surface area (Å²) in [5, 5.41) is 33.8. The van der Waals surface area contributed by atoms with Crippen molar-refractivity contribution < 1.29 is 29.7 Å². The Morgan fingerprint density at radius 3 is 1.97 bits per heavy atom. The molecular weight excluding hydrogens is 458 g/mol. The van der Waals surface area contributed by atoms with Crippen LogP contribution in [0.4, 0.5) is 0 Å². The molecule has 0 spiro atoms. The first-order valence-electron chi connectivity index (χ1n) is 10.8. The summed E-state index contributed by atoms with van der Waals surface area (Å²) in [7, 11) is 2.54. The second-order valence-corrected chi connectivity index (χ2v) is 9.02. The number of hydrogen-bond donors (Lipinski definition) is 3. The molecule has 0 saturated carbocycles. The van der Waals surface area contributed by atoms with Crippen LogP contribution in [0.5, 0.6) is 11.5 Å². The van der Waals surface area contributed by atoms with Crippen molar-refractivity contribution in [3.05, 3.63) is 78.6 Å². The lowest BCUT2D eigenvalue weighted by Gasteiger charge is -2.38. The third-order valence-corrected chi connectivity index (χ3v) is 7.11. The molecule has 0 unspecified atom stereocenters. The van der Waals surface area contributed by atoms with Gasteiger partial charge in [-0.2, -0.15) is 0 Å². The summed E-state index contributed by atoms with van der Waals surface area (Å²) in [6.45, 7) is 1.13. The predicted octanol–water partition coefficient (Wildman–Crippen LogP) is -0.0722. The van der Waals surface area contributed by atoms with Crippen molar-refractivity contribution in [2.45, 2.75) is 31.4 Å². The first kappa shape index (κ1) is 22.5. The number of fused-ring (bicyclic) bond motifs is 3. The fourth-order valence-corrected chi connectivity index (χ4v) is 5.20. The van der Waals surface area contributed by atoms with E-state index in [1.807, 2.05) is 0 Å². The van der Waals surface area contributed by atoms with E-state index >= 15 is 0 Å². The molecule has 11 heteroatoms. The van der Waals surface area contributed by atoms with Gasteiger partial charge in [0.1, 0.15) is 17.1 Å². The number of Topliss-reactive ketones (excluding diaryl/α,β-unsaturated/α-hetero) is 1. The van der Waals surface area contributed by atoms with E-state index in [1.165, 1.54) is 26.2 Å². The van der Waals surface area contributed by atoms with E-state index in [0.717, 1.165) is 20.9 Å². The maximum atomic E-state index is 13.3. The molecule has 0 fully saturated rings. The van der Waals surface area contributed by atoms with Gasteiger partial charge in [-0.05, 0) is 6.92 Å². The van der Waals surface area contributed by atoms with E-state index in [1.54, 1.807) is 12.1 Å². The van der Waals surface area contributed by atoms with Gasteiger partial charge in [0, 0.05) is 49.2 Å². The Morgan fingerprint density at radius 2 is 1.49 bits per heavy atom. The number of phenols is 2. The molecular formula is C24H21N3O8. The van der Waals surface area contributed by atoms with Crippen LogP contribution in [0.15, 0.2) is 33.9 Å². The van der Waals surface area contributed by atoms with Crippen LogP contribution in [0.2, 0.25) is 0 Å². The first-order chi connectivity index (χ1) is 16.4. The van der Waals surface area contributed by atoms with Crippen molar-refractivity contribution in [1.82, 2.24) is 13.9 Å². The minimum atomic E-state index is -2.08. The van der Waals surface area contributed by atoms with Gasteiger partial charge in [0.05, 0.1) is 17.2 Å². The summed E-state index contributed by atoms with van der Waals surface area (Å²) < 4.78 is 2.71. The van der Waals surface area contributed by atoms with Crippen molar-refractivity contribution >= 4 is 17.3 Å². The van der Waals surface area contributed by atoms with Crippen LogP contribution < -0.4 is 11.4 Å². The molecule has 5 rings (SSSR count). The van der Waals surface area contributed by atoms with Crippen molar-refractivity contribution in [3.63, 3.8) is 0 Å². The first-order valence-corrected chi connectivity index (χ1v) is 10.8. The molecule has 0 bridgehead atoms. The molecule has 0 radical (unpaired) electrons. The molecule has 2 aliphatic rings. The van der Waals surface area contributed by atoms with E-state index in [4.69, 9.17) is 0 Å². The zero-order chi connectivity index (χ0) is 25.6. The molecule has 3 aromatic rings. The number of benzene rings is 2. The topological polar surface area (TPSA) is 161 Å². The van der Waals surface area contributed by atoms with Crippen LogP contribution in [-0.2, 0) is 25.3 Å². The van der Waals surface area contributed by atoms with Crippen molar-refractivity contribution in [2.24, 2.45) is 14.1 Å². The molecule has 2 aliphatic carbocycles. The summed E-state index contributed by atoms with van der Waals surface area (Å²) in [4.78, 5) is 64.4. The van der Waals surface area contributed by atoms with E-state index in [9.17, 15) is 39.3 Å². The number of hydrogen-bond acceptors (Lipinski definition) is 8. The summed E-state index contributed by atoms with van der Waals surface area (Å²) in [5.74, 6) is -3.40. The van der Waals surface area contributed by atoms with Crippen LogP contribution in [0.1, 0.15) is 62.4 Å². The van der Waals surface area contributed by atoms with Crippen molar-refractivity contribution in [3.8, 4) is 11.5 Å². The smallest absolute Gasteiger partial charge is 0.347 e. The molecule has 3 N–H and O–H groups in total. The zero-order valence-electron chi connectivity index (χ0n) is 19.0. The lowest BCUT2D eigenvalue weighted by molar-refractivity contribution is -0.137. The largest absolute Gasteiger partial charge is 0.507 e. The zero-order valence-corrected chi connectivity index (χ0v) is 19.0. The second-order valence-electron chi connectivity index (χ2n) is 9.02. The highest BCUT2D eigenvalue weighted by molar-refractivity contribution is 6.30. The highest BCUT2D eigenvalue weighted by atomic mass is 16.3. The van der Waals surface area contributed by atoms with E-state index in [-0.39, 0.29) is 22.3 Å². The number of rotatable bonds is 2. The number of phenolic OH excluding ortho intramolecular Hbond substituents is 2. The van der Waals surface area contributed by atoms with Crippen LogP contribution in [-0.4, -0.2) is 52.2 Å². The number of ketones is 3. The minimum Gasteiger partial charge on any atom is -0.507 e. The number of aromatic nitrogens is 3. The third-order valence-electron chi connectivity index (χ3n) is 7.11. The second kappa shape index (κ2) is 7.12. The molecule has 1 aromatic heterocycles. The Hall–Kier alpha value is -4.25. The number of carbonyl (C=O) groups excluding carboxylic acids is 3. The van der Waals surface area contributed by atoms with E-state index in [2.05, 4.69) is 0 Å². The number of aromatic hydroxyl groups is 2. The maximum Gasteiger partial charge on any atom is 0.347 e. The van der Waals surface area contributed by atoms with Gasteiger partial charge in [0.2, 0.25) is 0 Å².